The molecule has 2 saturated heterocycles. The zero-order valence-electron chi connectivity index (χ0n) is 21.2. The number of rotatable bonds is 9. The molecular weight excluding hydrogens is 466 g/mol. The predicted octanol–water partition coefficient (Wildman–Crippen LogP) is 3.07. The molecule has 0 bridgehead atoms. The van der Waals surface area contributed by atoms with Crippen molar-refractivity contribution >= 4 is 17.5 Å². The van der Waals surface area contributed by atoms with Gasteiger partial charge in [0.2, 0.25) is 5.91 Å². The van der Waals surface area contributed by atoms with Gasteiger partial charge in [-0.25, -0.2) is 0 Å². The molecule has 192 valence electrons. The maximum atomic E-state index is 13.4. The number of benzene rings is 1. The number of piperazine rings is 1. The second-order valence-electron chi connectivity index (χ2n) is 9.82. The summed E-state index contributed by atoms with van der Waals surface area (Å²) < 4.78 is 14.6. The van der Waals surface area contributed by atoms with Gasteiger partial charge in [0.1, 0.15) is 18.0 Å². The summed E-state index contributed by atoms with van der Waals surface area (Å²) in [7, 11) is 2.09. The first-order valence-electron chi connectivity index (χ1n) is 12.6. The monoisotopic (exact) mass is 503 g/mol. The van der Waals surface area contributed by atoms with Gasteiger partial charge in [0.15, 0.2) is 0 Å². The van der Waals surface area contributed by atoms with Gasteiger partial charge in [-0.1, -0.05) is 18.5 Å². The third-order valence-electron chi connectivity index (χ3n) is 7.01. The fraction of sp³-hybridized carbons (Fsp3) is 0.615. The minimum absolute atomic E-state index is 0.131. The van der Waals surface area contributed by atoms with Crippen molar-refractivity contribution < 1.29 is 14.3 Å². The van der Waals surface area contributed by atoms with Crippen LogP contribution in [0, 0.1) is 6.92 Å². The first-order valence-corrected chi connectivity index (χ1v) is 13.0. The number of hydrogen-bond acceptors (Lipinski definition) is 6. The van der Waals surface area contributed by atoms with E-state index in [-0.39, 0.29) is 5.91 Å². The first kappa shape index (κ1) is 25.9. The van der Waals surface area contributed by atoms with Gasteiger partial charge in [-0.05, 0) is 44.7 Å². The zero-order chi connectivity index (χ0) is 24.8. The van der Waals surface area contributed by atoms with Crippen LogP contribution >= 0.6 is 11.6 Å². The van der Waals surface area contributed by atoms with Crippen LogP contribution in [0.1, 0.15) is 31.0 Å². The topological polar surface area (TPSA) is 63.1 Å². The number of carbonyl (C=O) groups is 1. The fourth-order valence-corrected chi connectivity index (χ4v) is 4.94. The van der Waals surface area contributed by atoms with Crippen LogP contribution in [0.3, 0.4) is 0 Å². The van der Waals surface area contributed by atoms with Crippen molar-refractivity contribution in [3.8, 4) is 5.75 Å². The molecule has 2 aromatic rings. The Kier molecular flexibility index (Phi) is 8.70. The van der Waals surface area contributed by atoms with Gasteiger partial charge in [-0.2, -0.15) is 5.10 Å². The molecule has 0 spiro atoms. The molecule has 1 aromatic carbocycles. The smallest absolute Gasteiger partial charge is 0.225 e. The molecule has 2 aliphatic heterocycles. The Morgan fingerprint density at radius 2 is 1.91 bits per heavy atom. The van der Waals surface area contributed by atoms with E-state index in [9.17, 15) is 4.79 Å². The van der Waals surface area contributed by atoms with E-state index in [4.69, 9.17) is 21.1 Å². The lowest BCUT2D eigenvalue weighted by Gasteiger charge is -2.43. The zero-order valence-corrected chi connectivity index (χ0v) is 22.0. The van der Waals surface area contributed by atoms with Crippen LogP contribution in [0.2, 0.25) is 5.02 Å². The number of aryl methyl sites for hydroxylation is 1. The fourth-order valence-electron chi connectivity index (χ4n) is 4.81. The summed E-state index contributed by atoms with van der Waals surface area (Å²) >= 11 is 6.04. The second kappa shape index (κ2) is 11.7. The van der Waals surface area contributed by atoms with Gasteiger partial charge in [0, 0.05) is 68.6 Å². The Hall–Kier alpha value is -2.13. The van der Waals surface area contributed by atoms with Crippen LogP contribution in [0.4, 0.5) is 0 Å². The highest BCUT2D eigenvalue weighted by atomic mass is 35.5. The van der Waals surface area contributed by atoms with Crippen molar-refractivity contribution in [1.82, 2.24) is 24.5 Å². The molecule has 1 unspecified atom stereocenters. The Bertz CT molecular complexity index is 974. The highest BCUT2D eigenvalue weighted by Crippen LogP contribution is 2.27. The minimum atomic E-state index is -0.717. The van der Waals surface area contributed by atoms with E-state index in [1.807, 2.05) is 35.4 Å². The maximum Gasteiger partial charge on any atom is 0.225 e. The minimum Gasteiger partial charge on any atom is -0.491 e. The second-order valence-corrected chi connectivity index (χ2v) is 10.3. The molecule has 2 fully saturated rings. The van der Waals surface area contributed by atoms with E-state index in [1.165, 1.54) is 11.3 Å². The number of carbonyl (C=O) groups excluding carboxylic acids is 1. The van der Waals surface area contributed by atoms with Crippen molar-refractivity contribution in [3.05, 3.63) is 46.7 Å². The molecule has 0 radical (unpaired) electrons. The van der Waals surface area contributed by atoms with Crippen molar-refractivity contribution in [2.24, 2.45) is 0 Å². The molecule has 1 aromatic heterocycles. The number of amides is 1. The molecule has 3 heterocycles. The lowest BCUT2D eigenvalue weighted by molar-refractivity contribution is -0.157. The highest BCUT2D eigenvalue weighted by molar-refractivity contribution is 6.30. The standard InChI is InChI=1S/C26H38ClN5O3/c1-4-9-32-21(2)22(17-28-32)18-30-14-15-35-26(19-30,20-34-24-7-5-23(27)6-8-24)16-25(33)31-12-10-29(3)11-13-31/h5-8,17H,4,9-16,18-20H2,1-3H3. The molecule has 1 amide bonds. The van der Waals surface area contributed by atoms with Gasteiger partial charge >= 0.3 is 0 Å². The highest BCUT2D eigenvalue weighted by Gasteiger charge is 2.41. The normalized spacial score (nSPS) is 21.9. The molecule has 0 aliphatic carbocycles. The molecule has 4 rings (SSSR count). The van der Waals surface area contributed by atoms with Gasteiger partial charge in [-0.15, -0.1) is 0 Å². The summed E-state index contributed by atoms with van der Waals surface area (Å²) in [6.07, 6.45) is 3.33. The maximum absolute atomic E-state index is 13.4. The van der Waals surface area contributed by atoms with Crippen molar-refractivity contribution in [1.29, 1.82) is 0 Å². The first-order chi connectivity index (χ1) is 16.9. The molecular formula is C26H38ClN5O3. The third-order valence-corrected chi connectivity index (χ3v) is 7.26. The summed E-state index contributed by atoms with van der Waals surface area (Å²) in [5.74, 6) is 0.852. The number of morpholine rings is 1. The summed E-state index contributed by atoms with van der Waals surface area (Å²) in [4.78, 5) is 19.9. The lowest BCUT2D eigenvalue weighted by Crippen LogP contribution is -2.58. The summed E-state index contributed by atoms with van der Waals surface area (Å²) in [6, 6.07) is 7.32. The summed E-state index contributed by atoms with van der Waals surface area (Å²) in [5.41, 5.74) is 1.71. The van der Waals surface area contributed by atoms with Crippen molar-refractivity contribution in [3.63, 3.8) is 0 Å². The van der Waals surface area contributed by atoms with Crippen LogP contribution in [0.25, 0.3) is 0 Å². The lowest BCUT2D eigenvalue weighted by atomic mass is 9.96. The Morgan fingerprint density at radius 1 is 1.17 bits per heavy atom. The van der Waals surface area contributed by atoms with Crippen LogP contribution in [-0.2, 0) is 22.6 Å². The number of likely N-dealkylation sites (N-methyl/N-ethyl adjacent to an activating group) is 1. The van der Waals surface area contributed by atoms with E-state index in [1.54, 1.807) is 0 Å². The van der Waals surface area contributed by atoms with E-state index >= 15 is 0 Å². The quantitative estimate of drug-likeness (QED) is 0.524. The molecule has 8 nitrogen and oxygen atoms in total. The van der Waals surface area contributed by atoms with Crippen LogP contribution in [-0.4, -0.2) is 95.5 Å². The Balaban J connectivity index is 1.48. The van der Waals surface area contributed by atoms with Gasteiger partial charge < -0.3 is 19.3 Å². The summed E-state index contributed by atoms with van der Waals surface area (Å²) in [6.45, 7) is 11.6. The third kappa shape index (κ3) is 6.76. The van der Waals surface area contributed by atoms with Crippen molar-refractivity contribution in [2.45, 2.75) is 45.4 Å². The van der Waals surface area contributed by atoms with E-state index in [0.29, 0.717) is 31.2 Å². The molecule has 0 N–H and O–H groups in total. The largest absolute Gasteiger partial charge is 0.491 e. The molecule has 35 heavy (non-hydrogen) atoms. The van der Waals surface area contributed by atoms with Gasteiger partial charge in [-0.3, -0.25) is 14.4 Å². The van der Waals surface area contributed by atoms with E-state index < -0.39 is 5.60 Å². The Labute approximate surface area is 213 Å². The molecule has 0 saturated carbocycles. The molecule has 9 heteroatoms. The van der Waals surface area contributed by atoms with Crippen molar-refractivity contribution in [2.75, 3.05) is 59.5 Å². The van der Waals surface area contributed by atoms with E-state index in [2.05, 4.69) is 40.5 Å². The number of nitrogens with zero attached hydrogens (tertiary/aromatic N) is 5. The number of hydrogen-bond donors (Lipinski definition) is 0. The predicted molar refractivity (Wildman–Crippen MR) is 137 cm³/mol. The average molecular weight is 504 g/mol. The molecule has 1 atom stereocenters. The van der Waals surface area contributed by atoms with Gasteiger partial charge in [0.25, 0.3) is 0 Å². The number of aromatic nitrogens is 2. The molecule has 2 aliphatic rings. The van der Waals surface area contributed by atoms with Crippen LogP contribution in [0.5, 0.6) is 5.75 Å². The van der Waals surface area contributed by atoms with Crippen LogP contribution < -0.4 is 4.74 Å². The average Bonchev–Trinajstić information content (AvgIpc) is 3.18. The Morgan fingerprint density at radius 3 is 2.63 bits per heavy atom. The van der Waals surface area contributed by atoms with Crippen LogP contribution in [0.15, 0.2) is 30.5 Å². The SMILES string of the molecule is CCCn1ncc(CN2CCOC(COc3ccc(Cl)cc3)(CC(=O)N3CCN(C)CC3)C2)c1C. The summed E-state index contributed by atoms with van der Waals surface area (Å²) in [5, 5.41) is 5.23. The number of halogens is 1. The number of ether oxygens (including phenoxy) is 2. The van der Waals surface area contributed by atoms with Gasteiger partial charge in [0.05, 0.1) is 19.2 Å². The van der Waals surface area contributed by atoms with E-state index in [0.717, 1.165) is 58.0 Å².